The van der Waals surface area contributed by atoms with Crippen LogP contribution in [0.4, 0.5) is 0 Å². The first-order chi connectivity index (χ1) is 12.7. The van der Waals surface area contributed by atoms with Gasteiger partial charge in [-0.2, -0.15) is 0 Å². The van der Waals surface area contributed by atoms with Gasteiger partial charge in [0.05, 0.1) is 12.7 Å². The van der Waals surface area contributed by atoms with Gasteiger partial charge in [-0.05, 0) is 42.0 Å². The molecule has 1 unspecified atom stereocenters. The lowest BCUT2D eigenvalue weighted by molar-refractivity contribution is -0.133. The average Bonchev–Trinajstić information content (AvgIpc) is 3.35. The Hall–Kier alpha value is -1.85. The van der Waals surface area contributed by atoms with Crippen LogP contribution in [0.3, 0.4) is 0 Å². The molecule has 1 atom stereocenters. The molecule has 1 aliphatic rings. The zero-order valence-corrected chi connectivity index (χ0v) is 16.2. The highest BCUT2D eigenvalue weighted by Gasteiger charge is 2.22. The molecule has 1 amide bonds. The highest BCUT2D eigenvalue weighted by molar-refractivity contribution is 7.09. The van der Waals surface area contributed by atoms with Crippen molar-refractivity contribution in [1.29, 1.82) is 0 Å². The van der Waals surface area contributed by atoms with Crippen molar-refractivity contribution >= 4 is 17.2 Å². The molecule has 26 heavy (non-hydrogen) atoms. The second-order valence-corrected chi connectivity index (χ2v) is 7.62. The normalized spacial score (nSPS) is 16.6. The standard InChI is InChI=1S/C21H27NO3S/c1-2-21(23)22(16-19-8-4-11-24-19)15-17-6-3-7-18(14-17)25-12-10-20-9-5-13-26-20/h3,5-7,9,13-14,19H,2,4,8,10-12,15-16H2,1H3. The van der Waals surface area contributed by atoms with E-state index in [9.17, 15) is 4.79 Å². The minimum atomic E-state index is 0.171. The lowest BCUT2D eigenvalue weighted by atomic mass is 10.1. The SMILES string of the molecule is CCC(=O)N(Cc1cccc(OCCc2cccs2)c1)CC1CCCO1. The fraction of sp³-hybridized carbons (Fsp3) is 0.476. The van der Waals surface area contributed by atoms with Gasteiger partial charge in [0.2, 0.25) is 5.91 Å². The van der Waals surface area contributed by atoms with Crippen molar-refractivity contribution in [2.45, 2.75) is 45.3 Å². The van der Waals surface area contributed by atoms with Crippen molar-refractivity contribution in [2.24, 2.45) is 0 Å². The lowest BCUT2D eigenvalue weighted by Gasteiger charge is -2.25. The summed E-state index contributed by atoms with van der Waals surface area (Å²) < 4.78 is 11.6. The van der Waals surface area contributed by atoms with Crippen LogP contribution in [0.5, 0.6) is 5.75 Å². The molecule has 140 valence electrons. The average molecular weight is 374 g/mol. The predicted molar refractivity (Wildman–Crippen MR) is 105 cm³/mol. The topological polar surface area (TPSA) is 38.8 Å². The number of hydrogen-bond acceptors (Lipinski definition) is 4. The van der Waals surface area contributed by atoms with E-state index in [0.717, 1.165) is 37.2 Å². The Balaban J connectivity index is 1.56. The molecule has 2 heterocycles. The monoisotopic (exact) mass is 373 g/mol. The number of nitrogens with zero attached hydrogens (tertiary/aromatic N) is 1. The summed E-state index contributed by atoms with van der Waals surface area (Å²) in [6.07, 6.45) is 3.74. The van der Waals surface area contributed by atoms with E-state index in [0.29, 0.717) is 26.1 Å². The molecule has 1 aromatic carbocycles. The van der Waals surface area contributed by atoms with Crippen LogP contribution in [0, 0.1) is 0 Å². The Morgan fingerprint density at radius 2 is 2.27 bits per heavy atom. The molecule has 0 spiro atoms. The smallest absolute Gasteiger partial charge is 0.222 e. The molecule has 5 heteroatoms. The summed E-state index contributed by atoms with van der Waals surface area (Å²) >= 11 is 1.75. The van der Waals surface area contributed by atoms with Crippen molar-refractivity contribution in [3.8, 4) is 5.75 Å². The Morgan fingerprint density at radius 3 is 3.00 bits per heavy atom. The molecule has 2 aromatic rings. The molecular formula is C21H27NO3S. The molecule has 1 fully saturated rings. The van der Waals surface area contributed by atoms with E-state index in [1.165, 1.54) is 4.88 Å². The zero-order valence-electron chi connectivity index (χ0n) is 15.4. The number of carbonyl (C=O) groups excluding carboxylic acids is 1. The van der Waals surface area contributed by atoms with E-state index in [1.54, 1.807) is 11.3 Å². The molecular weight excluding hydrogens is 346 g/mol. The van der Waals surface area contributed by atoms with Crippen molar-refractivity contribution in [1.82, 2.24) is 4.90 Å². The van der Waals surface area contributed by atoms with Gasteiger partial charge in [0.25, 0.3) is 0 Å². The van der Waals surface area contributed by atoms with Gasteiger partial charge in [0.15, 0.2) is 0 Å². The summed E-state index contributed by atoms with van der Waals surface area (Å²) in [7, 11) is 0. The molecule has 1 aromatic heterocycles. The minimum absolute atomic E-state index is 0.171. The fourth-order valence-electron chi connectivity index (χ4n) is 3.19. The summed E-state index contributed by atoms with van der Waals surface area (Å²) in [5.74, 6) is 1.03. The van der Waals surface area contributed by atoms with E-state index in [4.69, 9.17) is 9.47 Å². The van der Waals surface area contributed by atoms with Crippen LogP contribution < -0.4 is 4.74 Å². The highest BCUT2D eigenvalue weighted by Crippen LogP contribution is 2.19. The Bertz CT molecular complexity index is 680. The van der Waals surface area contributed by atoms with Crippen LogP contribution in [-0.2, 0) is 22.5 Å². The van der Waals surface area contributed by atoms with Crippen molar-refractivity contribution in [3.63, 3.8) is 0 Å². The van der Waals surface area contributed by atoms with Gasteiger partial charge in [-0.25, -0.2) is 0 Å². The van der Waals surface area contributed by atoms with E-state index >= 15 is 0 Å². The molecule has 1 saturated heterocycles. The third-order valence-electron chi connectivity index (χ3n) is 4.57. The summed E-state index contributed by atoms with van der Waals surface area (Å²) in [6.45, 7) is 4.67. The number of hydrogen-bond donors (Lipinski definition) is 0. The van der Waals surface area contributed by atoms with Crippen LogP contribution in [0.1, 0.15) is 36.6 Å². The maximum absolute atomic E-state index is 12.3. The van der Waals surface area contributed by atoms with E-state index in [-0.39, 0.29) is 12.0 Å². The van der Waals surface area contributed by atoms with E-state index in [1.807, 2.05) is 30.0 Å². The highest BCUT2D eigenvalue weighted by atomic mass is 32.1. The van der Waals surface area contributed by atoms with Gasteiger partial charge >= 0.3 is 0 Å². The van der Waals surface area contributed by atoms with Crippen LogP contribution in [-0.4, -0.2) is 36.7 Å². The number of ether oxygens (including phenoxy) is 2. The number of rotatable bonds is 9. The van der Waals surface area contributed by atoms with Crippen LogP contribution in [0.25, 0.3) is 0 Å². The molecule has 4 nitrogen and oxygen atoms in total. The van der Waals surface area contributed by atoms with E-state index in [2.05, 4.69) is 23.6 Å². The maximum Gasteiger partial charge on any atom is 0.222 e. The number of amides is 1. The second kappa shape index (κ2) is 9.74. The molecule has 0 saturated carbocycles. The molecule has 0 aliphatic carbocycles. The number of carbonyl (C=O) groups is 1. The molecule has 1 aliphatic heterocycles. The molecule has 0 radical (unpaired) electrons. The van der Waals surface area contributed by atoms with Gasteiger partial charge < -0.3 is 14.4 Å². The first-order valence-electron chi connectivity index (χ1n) is 9.38. The summed E-state index contributed by atoms with van der Waals surface area (Å²) in [5, 5.41) is 2.09. The van der Waals surface area contributed by atoms with Gasteiger partial charge in [-0.3, -0.25) is 4.79 Å². The predicted octanol–water partition coefficient (Wildman–Crippen LogP) is 4.29. The van der Waals surface area contributed by atoms with Crippen molar-refractivity contribution in [3.05, 3.63) is 52.2 Å². The second-order valence-electron chi connectivity index (χ2n) is 6.59. The quantitative estimate of drug-likeness (QED) is 0.658. The third-order valence-corrected chi connectivity index (χ3v) is 5.51. The fourth-order valence-corrected chi connectivity index (χ4v) is 3.88. The van der Waals surface area contributed by atoms with Crippen molar-refractivity contribution < 1.29 is 14.3 Å². The van der Waals surface area contributed by atoms with Gasteiger partial charge in [0.1, 0.15) is 5.75 Å². The Morgan fingerprint density at radius 1 is 1.35 bits per heavy atom. The summed E-state index contributed by atoms with van der Waals surface area (Å²) in [4.78, 5) is 15.6. The van der Waals surface area contributed by atoms with Gasteiger partial charge in [0, 0.05) is 37.4 Å². The molecule has 3 rings (SSSR count). The van der Waals surface area contributed by atoms with Crippen LogP contribution >= 0.6 is 11.3 Å². The lowest BCUT2D eigenvalue weighted by Crippen LogP contribution is -2.36. The van der Waals surface area contributed by atoms with Gasteiger partial charge in [-0.1, -0.05) is 25.1 Å². The van der Waals surface area contributed by atoms with Crippen LogP contribution in [0.2, 0.25) is 0 Å². The first kappa shape index (κ1) is 18.9. The first-order valence-corrected chi connectivity index (χ1v) is 10.3. The number of benzene rings is 1. The Kier molecular flexibility index (Phi) is 7.09. The van der Waals surface area contributed by atoms with Crippen molar-refractivity contribution in [2.75, 3.05) is 19.8 Å². The molecule has 0 bridgehead atoms. The largest absolute Gasteiger partial charge is 0.493 e. The third kappa shape index (κ3) is 5.58. The van der Waals surface area contributed by atoms with Crippen LogP contribution in [0.15, 0.2) is 41.8 Å². The summed E-state index contributed by atoms with van der Waals surface area (Å²) in [5.41, 5.74) is 1.10. The van der Waals surface area contributed by atoms with Gasteiger partial charge in [-0.15, -0.1) is 11.3 Å². The molecule has 0 N–H and O–H groups in total. The maximum atomic E-state index is 12.3. The number of thiophene rings is 1. The zero-order chi connectivity index (χ0) is 18.2. The summed E-state index contributed by atoms with van der Waals surface area (Å²) in [6, 6.07) is 12.3. The van der Waals surface area contributed by atoms with E-state index < -0.39 is 0 Å². The minimum Gasteiger partial charge on any atom is -0.493 e. The Labute approximate surface area is 159 Å².